The molecule has 0 heterocycles. The Morgan fingerprint density at radius 2 is 1.38 bits per heavy atom. The summed E-state index contributed by atoms with van der Waals surface area (Å²) in [6.45, 7) is 1.95. The number of nitrogens with one attached hydrogen (secondary N) is 1. The molecule has 0 fully saturated rings. The van der Waals surface area contributed by atoms with Crippen LogP contribution in [0, 0.1) is 0 Å². The van der Waals surface area contributed by atoms with Gasteiger partial charge < -0.3 is 24.3 Å². The molecule has 0 aliphatic carbocycles. The van der Waals surface area contributed by atoms with Crippen LogP contribution in [-0.2, 0) is 19.6 Å². The molecule has 0 amide bonds. The van der Waals surface area contributed by atoms with Crippen LogP contribution >= 0.6 is 24.0 Å². The normalized spacial score (nSPS) is 10.2. The molecule has 0 aliphatic heterocycles. The summed E-state index contributed by atoms with van der Waals surface area (Å²) in [5.41, 5.74) is 3.24. The van der Waals surface area contributed by atoms with Crippen molar-refractivity contribution in [1.29, 1.82) is 0 Å². The lowest BCUT2D eigenvalue weighted by Gasteiger charge is -2.13. The molecule has 172 valence electrons. The molecule has 0 unspecified atom stereocenters. The van der Waals surface area contributed by atoms with Crippen LogP contribution in [0.5, 0.6) is 23.0 Å². The van der Waals surface area contributed by atoms with Crippen LogP contribution in [0.2, 0.25) is 5.02 Å². The first-order valence-electron chi connectivity index (χ1n) is 10.1. The number of hydrogen-bond donors (Lipinski definition) is 1. The Morgan fingerprint density at radius 3 is 2.09 bits per heavy atom. The first-order chi connectivity index (χ1) is 15.1. The summed E-state index contributed by atoms with van der Waals surface area (Å²) >= 11 is 6.20. The summed E-state index contributed by atoms with van der Waals surface area (Å²) in [6, 6.07) is 19.6. The minimum atomic E-state index is 0. The van der Waals surface area contributed by atoms with Crippen molar-refractivity contribution in [2.45, 2.75) is 19.6 Å². The molecule has 3 aromatic rings. The number of rotatable bonds is 11. The molecule has 0 radical (unpaired) electrons. The molecule has 32 heavy (non-hydrogen) atoms. The molecule has 1 N–H and O–H groups in total. The van der Waals surface area contributed by atoms with E-state index in [1.807, 2.05) is 54.6 Å². The van der Waals surface area contributed by atoms with Gasteiger partial charge in [0.15, 0.2) is 23.0 Å². The molecular formula is C25H29Cl2NO4. The van der Waals surface area contributed by atoms with E-state index < -0.39 is 0 Å². The number of ether oxygens (including phenoxy) is 4. The second-order valence-electron chi connectivity index (χ2n) is 6.98. The molecule has 0 bridgehead atoms. The van der Waals surface area contributed by atoms with Gasteiger partial charge in [0.25, 0.3) is 0 Å². The fraction of sp³-hybridized carbons (Fsp3) is 0.280. The van der Waals surface area contributed by atoms with E-state index >= 15 is 0 Å². The van der Waals surface area contributed by atoms with Gasteiger partial charge in [0.1, 0.15) is 6.61 Å². The maximum absolute atomic E-state index is 6.20. The summed E-state index contributed by atoms with van der Waals surface area (Å²) in [7, 11) is 4.93. The van der Waals surface area contributed by atoms with Crippen LogP contribution < -0.4 is 24.3 Å². The van der Waals surface area contributed by atoms with E-state index in [4.69, 9.17) is 30.5 Å². The summed E-state index contributed by atoms with van der Waals surface area (Å²) in [5.74, 6) is 2.88. The van der Waals surface area contributed by atoms with E-state index in [9.17, 15) is 0 Å². The van der Waals surface area contributed by atoms with Crippen LogP contribution in [-0.4, -0.2) is 27.9 Å². The number of methoxy groups -OCH3 is 3. The Balaban J connectivity index is 0.00000363. The van der Waals surface area contributed by atoms with Crippen molar-refractivity contribution in [3.8, 4) is 23.0 Å². The zero-order valence-electron chi connectivity index (χ0n) is 18.5. The number of benzene rings is 3. The van der Waals surface area contributed by atoms with Gasteiger partial charge in [-0.25, -0.2) is 0 Å². The van der Waals surface area contributed by atoms with Crippen LogP contribution in [0.3, 0.4) is 0 Å². The van der Waals surface area contributed by atoms with Gasteiger partial charge in [0, 0.05) is 17.1 Å². The quantitative estimate of drug-likeness (QED) is 0.359. The highest BCUT2D eigenvalue weighted by Gasteiger charge is 2.08. The minimum absolute atomic E-state index is 0. The lowest BCUT2D eigenvalue weighted by molar-refractivity contribution is 0.284. The average molecular weight is 478 g/mol. The van der Waals surface area contributed by atoms with Crippen molar-refractivity contribution in [2.24, 2.45) is 0 Å². The van der Waals surface area contributed by atoms with Crippen molar-refractivity contribution < 1.29 is 18.9 Å². The smallest absolute Gasteiger partial charge is 0.161 e. The lowest BCUT2D eigenvalue weighted by atomic mass is 10.1. The highest BCUT2D eigenvalue weighted by Crippen LogP contribution is 2.30. The van der Waals surface area contributed by atoms with E-state index in [0.29, 0.717) is 23.1 Å². The first kappa shape index (κ1) is 25.7. The first-order valence-corrected chi connectivity index (χ1v) is 10.5. The van der Waals surface area contributed by atoms with Crippen molar-refractivity contribution in [1.82, 2.24) is 5.32 Å². The second-order valence-corrected chi connectivity index (χ2v) is 7.39. The third-order valence-electron chi connectivity index (χ3n) is 4.94. The predicted molar refractivity (Wildman–Crippen MR) is 131 cm³/mol. The van der Waals surface area contributed by atoms with Gasteiger partial charge >= 0.3 is 0 Å². The highest BCUT2D eigenvalue weighted by atomic mass is 35.5. The average Bonchev–Trinajstić information content (AvgIpc) is 2.81. The van der Waals surface area contributed by atoms with Gasteiger partial charge in [-0.2, -0.15) is 0 Å². The molecule has 3 rings (SSSR count). The molecule has 0 spiro atoms. The Morgan fingerprint density at radius 1 is 0.750 bits per heavy atom. The summed E-state index contributed by atoms with van der Waals surface area (Å²) in [6.07, 6.45) is 0.885. The van der Waals surface area contributed by atoms with Crippen molar-refractivity contribution in [3.63, 3.8) is 0 Å². The monoisotopic (exact) mass is 477 g/mol. The van der Waals surface area contributed by atoms with Crippen LogP contribution in [0.4, 0.5) is 0 Å². The van der Waals surface area contributed by atoms with E-state index in [1.54, 1.807) is 21.3 Å². The molecular weight excluding hydrogens is 449 g/mol. The van der Waals surface area contributed by atoms with Crippen LogP contribution in [0.25, 0.3) is 0 Å². The summed E-state index contributed by atoms with van der Waals surface area (Å²) in [4.78, 5) is 0. The number of hydrogen-bond acceptors (Lipinski definition) is 5. The van der Waals surface area contributed by atoms with Gasteiger partial charge in [-0.05, 0) is 54.4 Å². The SMILES string of the molecule is COc1ccc(CCNCc2ccc(OCc3ccccc3Cl)c(OC)c2)cc1OC.Cl. The number of halogens is 2. The van der Waals surface area contributed by atoms with Gasteiger partial charge in [-0.15, -0.1) is 12.4 Å². The van der Waals surface area contributed by atoms with E-state index in [1.165, 1.54) is 5.56 Å². The zero-order chi connectivity index (χ0) is 22.1. The standard InChI is InChI=1S/C25H28ClNO4.ClH/c1-28-22-10-8-18(14-24(22)29-2)12-13-27-16-19-9-11-23(25(15-19)30-3)31-17-20-6-4-5-7-21(20)26;/h4-11,14-15,27H,12-13,16-17H2,1-3H3;1H. The largest absolute Gasteiger partial charge is 0.493 e. The predicted octanol–water partition coefficient (Wildman–Crippen LogP) is 5.70. The van der Waals surface area contributed by atoms with Gasteiger partial charge in [-0.3, -0.25) is 0 Å². The molecule has 7 heteroatoms. The van der Waals surface area contributed by atoms with E-state index in [0.717, 1.165) is 42.1 Å². The van der Waals surface area contributed by atoms with Crippen molar-refractivity contribution in [3.05, 3.63) is 82.4 Å². The van der Waals surface area contributed by atoms with E-state index in [2.05, 4.69) is 11.4 Å². The third kappa shape index (κ3) is 6.95. The minimum Gasteiger partial charge on any atom is -0.493 e. The Kier molecular flexibility index (Phi) is 10.5. The van der Waals surface area contributed by atoms with Crippen molar-refractivity contribution >= 4 is 24.0 Å². The maximum Gasteiger partial charge on any atom is 0.161 e. The molecule has 0 atom stereocenters. The van der Waals surface area contributed by atoms with Crippen LogP contribution in [0.15, 0.2) is 60.7 Å². The zero-order valence-corrected chi connectivity index (χ0v) is 20.1. The van der Waals surface area contributed by atoms with E-state index in [-0.39, 0.29) is 12.4 Å². The van der Waals surface area contributed by atoms with Crippen molar-refractivity contribution in [2.75, 3.05) is 27.9 Å². The maximum atomic E-state index is 6.20. The molecule has 0 saturated heterocycles. The summed E-state index contributed by atoms with van der Waals surface area (Å²) < 4.78 is 22.1. The Bertz CT molecular complexity index is 997. The summed E-state index contributed by atoms with van der Waals surface area (Å²) in [5, 5.41) is 4.16. The molecule has 3 aromatic carbocycles. The fourth-order valence-corrected chi connectivity index (χ4v) is 3.40. The third-order valence-corrected chi connectivity index (χ3v) is 5.31. The molecule has 0 saturated carbocycles. The Hall–Kier alpha value is -2.60. The highest BCUT2D eigenvalue weighted by molar-refractivity contribution is 6.31. The van der Waals surface area contributed by atoms with Gasteiger partial charge in [0.2, 0.25) is 0 Å². The van der Waals surface area contributed by atoms with Crippen LogP contribution in [0.1, 0.15) is 16.7 Å². The molecule has 0 aliphatic rings. The molecule has 0 aromatic heterocycles. The topological polar surface area (TPSA) is 49.0 Å². The molecule has 5 nitrogen and oxygen atoms in total. The van der Waals surface area contributed by atoms with Gasteiger partial charge in [-0.1, -0.05) is 41.9 Å². The Labute approximate surface area is 201 Å². The second kappa shape index (κ2) is 13.1. The fourth-order valence-electron chi connectivity index (χ4n) is 3.21. The van der Waals surface area contributed by atoms with Gasteiger partial charge in [0.05, 0.1) is 21.3 Å². The lowest BCUT2D eigenvalue weighted by Crippen LogP contribution is -2.16.